The van der Waals surface area contributed by atoms with Gasteiger partial charge in [-0.3, -0.25) is 0 Å². The quantitative estimate of drug-likeness (QED) is 0.646. The largest absolute Gasteiger partial charge is 0.508 e. The predicted octanol–water partition coefficient (Wildman–Crippen LogP) is 5.32. The third kappa shape index (κ3) is 1.70. The second kappa shape index (κ2) is 4.37. The van der Waals surface area contributed by atoms with Gasteiger partial charge in [-0.1, -0.05) is 36.8 Å². The Balaban J connectivity index is 1.92. The summed E-state index contributed by atoms with van der Waals surface area (Å²) in [6.07, 6.45) is 7.30. The molecule has 0 saturated heterocycles. The SMILES string of the molecule is C/C=C1/CCC2c3ccc4cc(O)ccc4c3CC[C@]12C. The zero-order chi connectivity index (χ0) is 14.6. The van der Waals surface area contributed by atoms with Crippen LogP contribution >= 0.6 is 0 Å². The van der Waals surface area contributed by atoms with E-state index in [2.05, 4.69) is 38.1 Å². The standard InChI is InChI=1S/C20H22O/c1-3-14-5-9-19-18-7-4-13-12-15(21)6-8-16(13)17(18)10-11-20(14,19)2/h3-4,6-8,12,19,21H,5,9-11H2,1-2H3/b14-3-/t19?,20-/m1/s1. The molecule has 1 fully saturated rings. The van der Waals surface area contributed by atoms with Gasteiger partial charge in [0.2, 0.25) is 0 Å². The second-order valence-electron chi connectivity index (χ2n) is 6.86. The lowest BCUT2D eigenvalue weighted by atomic mass is 9.65. The minimum Gasteiger partial charge on any atom is -0.508 e. The smallest absolute Gasteiger partial charge is 0.116 e. The number of phenolic OH excluding ortho intramolecular Hbond substituents is 1. The van der Waals surface area contributed by atoms with Crippen molar-refractivity contribution in [1.82, 2.24) is 0 Å². The van der Waals surface area contributed by atoms with Crippen LogP contribution < -0.4 is 0 Å². The number of hydrogen-bond donors (Lipinski definition) is 1. The molecule has 2 aliphatic rings. The lowest BCUT2D eigenvalue weighted by molar-refractivity contribution is 0.307. The maximum absolute atomic E-state index is 9.68. The van der Waals surface area contributed by atoms with Crippen molar-refractivity contribution in [2.45, 2.75) is 45.4 Å². The molecule has 2 atom stereocenters. The number of benzene rings is 2. The van der Waals surface area contributed by atoms with Crippen LogP contribution in [0, 0.1) is 5.41 Å². The number of rotatable bonds is 0. The van der Waals surface area contributed by atoms with E-state index in [0.717, 1.165) is 6.42 Å². The molecule has 4 rings (SSSR count). The Morgan fingerprint density at radius 1 is 1.19 bits per heavy atom. The summed E-state index contributed by atoms with van der Waals surface area (Å²) in [5.41, 5.74) is 5.10. The molecule has 1 heteroatoms. The average Bonchev–Trinajstić information content (AvgIpc) is 2.83. The second-order valence-corrected chi connectivity index (χ2v) is 6.86. The van der Waals surface area contributed by atoms with Crippen molar-refractivity contribution in [1.29, 1.82) is 0 Å². The topological polar surface area (TPSA) is 20.2 Å². The summed E-state index contributed by atoms with van der Waals surface area (Å²) in [4.78, 5) is 0. The van der Waals surface area contributed by atoms with Gasteiger partial charge in [0, 0.05) is 0 Å². The van der Waals surface area contributed by atoms with Gasteiger partial charge in [-0.15, -0.1) is 0 Å². The van der Waals surface area contributed by atoms with Gasteiger partial charge in [0.25, 0.3) is 0 Å². The van der Waals surface area contributed by atoms with Crippen molar-refractivity contribution in [3.63, 3.8) is 0 Å². The normalized spacial score (nSPS) is 29.6. The van der Waals surface area contributed by atoms with E-state index >= 15 is 0 Å². The van der Waals surface area contributed by atoms with E-state index in [1.54, 1.807) is 11.1 Å². The highest BCUT2D eigenvalue weighted by Gasteiger charge is 2.45. The zero-order valence-electron chi connectivity index (χ0n) is 12.8. The number of allylic oxidation sites excluding steroid dienone is 2. The Hall–Kier alpha value is -1.76. The summed E-state index contributed by atoms with van der Waals surface area (Å²) >= 11 is 0. The van der Waals surface area contributed by atoms with Gasteiger partial charge in [0.1, 0.15) is 5.75 Å². The van der Waals surface area contributed by atoms with Crippen molar-refractivity contribution < 1.29 is 5.11 Å². The lowest BCUT2D eigenvalue weighted by Gasteiger charge is -2.39. The maximum Gasteiger partial charge on any atom is 0.116 e. The Kier molecular flexibility index (Phi) is 2.69. The predicted molar refractivity (Wildman–Crippen MR) is 87.8 cm³/mol. The molecule has 1 N–H and O–H groups in total. The van der Waals surface area contributed by atoms with Gasteiger partial charge in [-0.2, -0.15) is 0 Å². The molecule has 2 aromatic rings. The van der Waals surface area contributed by atoms with Crippen LogP contribution in [-0.2, 0) is 6.42 Å². The Bertz CT molecular complexity index is 756. The molecule has 21 heavy (non-hydrogen) atoms. The van der Waals surface area contributed by atoms with E-state index in [9.17, 15) is 5.11 Å². The molecule has 0 heterocycles. The highest BCUT2D eigenvalue weighted by Crippen LogP contribution is 2.58. The lowest BCUT2D eigenvalue weighted by Crippen LogP contribution is -2.28. The molecule has 0 amide bonds. The number of phenols is 1. The Morgan fingerprint density at radius 3 is 2.86 bits per heavy atom. The average molecular weight is 278 g/mol. The zero-order valence-corrected chi connectivity index (χ0v) is 12.8. The summed E-state index contributed by atoms with van der Waals surface area (Å²) in [7, 11) is 0. The number of aromatic hydroxyl groups is 1. The third-order valence-electron chi connectivity index (χ3n) is 5.97. The van der Waals surface area contributed by atoms with E-state index in [4.69, 9.17) is 0 Å². The van der Waals surface area contributed by atoms with Gasteiger partial charge >= 0.3 is 0 Å². The molecule has 0 aliphatic heterocycles. The third-order valence-corrected chi connectivity index (χ3v) is 5.97. The van der Waals surface area contributed by atoms with Crippen LogP contribution in [0.5, 0.6) is 5.75 Å². The van der Waals surface area contributed by atoms with Gasteiger partial charge in [-0.25, -0.2) is 0 Å². The van der Waals surface area contributed by atoms with Crippen LogP contribution in [0.2, 0.25) is 0 Å². The van der Waals surface area contributed by atoms with Crippen LogP contribution in [0.4, 0.5) is 0 Å². The van der Waals surface area contributed by atoms with Crippen molar-refractivity contribution in [3.05, 3.63) is 53.1 Å². The van der Waals surface area contributed by atoms with Crippen molar-refractivity contribution in [3.8, 4) is 5.75 Å². The summed E-state index contributed by atoms with van der Waals surface area (Å²) in [5, 5.41) is 12.2. The van der Waals surface area contributed by atoms with Crippen molar-refractivity contribution in [2.24, 2.45) is 5.41 Å². The summed E-state index contributed by atoms with van der Waals surface area (Å²) in [6.45, 7) is 4.66. The molecule has 1 saturated carbocycles. The molecule has 1 unspecified atom stereocenters. The molecule has 0 spiro atoms. The fourth-order valence-corrected chi connectivity index (χ4v) is 4.82. The molecule has 0 aromatic heterocycles. The molecule has 2 aliphatic carbocycles. The maximum atomic E-state index is 9.68. The molecule has 1 nitrogen and oxygen atoms in total. The van der Waals surface area contributed by atoms with E-state index in [-0.39, 0.29) is 0 Å². The highest BCUT2D eigenvalue weighted by molar-refractivity contribution is 5.88. The van der Waals surface area contributed by atoms with Gasteiger partial charge < -0.3 is 5.11 Å². The van der Waals surface area contributed by atoms with Gasteiger partial charge in [0.05, 0.1) is 0 Å². The van der Waals surface area contributed by atoms with Crippen molar-refractivity contribution >= 4 is 10.8 Å². The van der Waals surface area contributed by atoms with Crippen LogP contribution in [0.15, 0.2) is 42.0 Å². The van der Waals surface area contributed by atoms with Crippen LogP contribution in [0.3, 0.4) is 0 Å². The van der Waals surface area contributed by atoms with E-state index in [0.29, 0.717) is 17.1 Å². The number of fused-ring (bicyclic) bond motifs is 5. The van der Waals surface area contributed by atoms with Crippen LogP contribution in [0.1, 0.15) is 50.2 Å². The van der Waals surface area contributed by atoms with E-state index in [1.807, 2.05) is 12.1 Å². The first-order valence-electron chi connectivity index (χ1n) is 8.03. The Labute approximate surface area is 126 Å². The highest BCUT2D eigenvalue weighted by atomic mass is 16.3. The minimum atomic E-state index is 0.361. The molecule has 0 bridgehead atoms. The first kappa shape index (κ1) is 12.9. The molecular weight excluding hydrogens is 256 g/mol. The fraction of sp³-hybridized carbons (Fsp3) is 0.400. The minimum absolute atomic E-state index is 0.361. The molecule has 108 valence electrons. The van der Waals surface area contributed by atoms with Gasteiger partial charge in [-0.05, 0) is 78.0 Å². The molecule has 0 radical (unpaired) electrons. The molecular formula is C20H22O. The monoisotopic (exact) mass is 278 g/mol. The first-order valence-corrected chi connectivity index (χ1v) is 8.03. The summed E-state index contributed by atoms with van der Waals surface area (Å²) < 4.78 is 0. The van der Waals surface area contributed by atoms with Crippen LogP contribution in [0.25, 0.3) is 10.8 Å². The molecule has 2 aromatic carbocycles. The fourth-order valence-electron chi connectivity index (χ4n) is 4.82. The van der Waals surface area contributed by atoms with Crippen LogP contribution in [-0.4, -0.2) is 5.11 Å². The van der Waals surface area contributed by atoms with Crippen molar-refractivity contribution in [2.75, 3.05) is 0 Å². The Morgan fingerprint density at radius 2 is 2.05 bits per heavy atom. The summed E-state index contributed by atoms with van der Waals surface area (Å²) in [5.74, 6) is 1.03. The number of aryl methyl sites for hydroxylation is 1. The first-order chi connectivity index (χ1) is 10.1. The van der Waals surface area contributed by atoms with Gasteiger partial charge in [0.15, 0.2) is 0 Å². The number of hydrogen-bond acceptors (Lipinski definition) is 1. The van der Waals surface area contributed by atoms with E-state index in [1.165, 1.54) is 35.6 Å². The van der Waals surface area contributed by atoms with E-state index < -0.39 is 0 Å². The summed E-state index contributed by atoms with van der Waals surface area (Å²) in [6, 6.07) is 10.3.